The van der Waals surface area contributed by atoms with Gasteiger partial charge in [-0.2, -0.15) is 0 Å². The third-order valence-electron chi connectivity index (χ3n) is 10.3. The molecule has 0 aromatic rings. The number of aliphatic hydroxyl groups is 4. The molecule has 4 N–H and O–H groups in total. The number of allylic oxidation sites excluding steroid dienone is 6. The highest BCUT2D eigenvalue weighted by atomic mass is 16.7. The molecule has 0 saturated carbocycles. The maximum Gasteiger partial charge on any atom is 0.306 e. The monoisotopic (exact) mass is 781 g/mol. The normalized spacial score (nSPS) is 21.0. The highest BCUT2D eigenvalue weighted by Crippen LogP contribution is 2.22. The van der Waals surface area contributed by atoms with Gasteiger partial charge < -0.3 is 39.4 Å². The van der Waals surface area contributed by atoms with E-state index in [1.54, 1.807) is 0 Å². The Balaban J connectivity index is 2.23. The first kappa shape index (κ1) is 51.4. The lowest BCUT2D eigenvalue weighted by molar-refractivity contribution is -0.305. The fourth-order valence-corrected chi connectivity index (χ4v) is 6.70. The quantitative estimate of drug-likeness (QED) is 0.0274. The van der Waals surface area contributed by atoms with Crippen LogP contribution < -0.4 is 0 Å². The molecule has 0 bridgehead atoms. The molecule has 9 heteroatoms. The number of carbonyl (C=O) groups excluding carboxylic acids is 1. The minimum atomic E-state index is -1.54. The maximum absolute atomic E-state index is 12.8. The number of carbonyl (C=O) groups is 1. The number of esters is 1. The Bertz CT molecular complexity index is 936. The highest BCUT2D eigenvalue weighted by Gasteiger charge is 2.44. The summed E-state index contributed by atoms with van der Waals surface area (Å²) in [5, 5.41) is 40.1. The van der Waals surface area contributed by atoms with Gasteiger partial charge in [-0.3, -0.25) is 4.79 Å². The number of rotatable bonds is 38. The van der Waals surface area contributed by atoms with Crippen molar-refractivity contribution in [3.05, 3.63) is 36.5 Å². The summed E-state index contributed by atoms with van der Waals surface area (Å²) in [4.78, 5) is 12.8. The summed E-state index contributed by atoms with van der Waals surface area (Å²) < 4.78 is 22.8. The van der Waals surface area contributed by atoms with Crippen molar-refractivity contribution in [2.45, 2.75) is 224 Å². The minimum absolute atomic E-state index is 0.117. The molecule has 55 heavy (non-hydrogen) atoms. The van der Waals surface area contributed by atoms with Crippen LogP contribution in [0.15, 0.2) is 36.5 Å². The molecular weight excluding hydrogens is 696 g/mol. The summed E-state index contributed by atoms with van der Waals surface area (Å²) in [7, 11) is 0. The summed E-state index contributed by atoms with van der Waals surface area (Å²) in [5.41, 5.74) is 0. The van der Waals surface area contributed by atoms with Gasteiger partial charge in [0, 0.05) is 13.0 Å². The number of aliphatic hydroxyl groups excluding tert-OH is 4. The minimum Gasteiger partial charge on any atom is -0.457 e. The van der Waals surface area contributed by atoms with Crippen molar-refractivity contribution in [1.82, 2.24) is 0 Å². The Morgan fingerprint density at radius 3 is 1.65 bits per heavy atom. The zero-order valence-electron chi connectivity index (χ0n) is 35.2. The van der Waals surface area contributed by atoms with Crippen LogP contribution in [0.5, 0.6) is 0 Å². The first-order valence-electron chi connectivity index (χ1n) is 22.6. The third-order valence-corrected chi connectivity index (χ3v) is 10.3. The Kier molecular flexibility index (Phi) is 35.5. The molecule has 322 valence electrons. The van der Waals surface area contributed by atoms with E-state index in [0.717, 1.165) is 57.8 Å². The Morgan fingerprint density at radius 2 is 1.09 bits per heavy atom. The fraction of sp³-hybridized carbons (Fsp3) is 0.848. The van der Waals surface area contributed by atoms with Crippen LogP contribution in [0.2, 0.25) is 0 Å². The van der Waals surface area contributed by atoms with Crippen molar-refractivity contribution in [2.24, 2.45) is 0 Å². The summed E-state index contributed by atoms with van der Waals surface area (Å²) in [5.74, 6) is -0.321. The summed E-state index contributed by atoms with van der Waals surface area (Å²) in [6.45, 7) is 4.48. The molecule has 9 nitrogen and oxygen atoms in total. The molecule has 0 amide bonds. The van der Waals surface area contributed by atoms with E-state index in [1.165, 1.54) is 109 Å². The molecule has 0 aliphatic carbocycles. The summed E-state index contributed by atoms with van der Waals surface area (Å²) >= 11 is 0. The third kappa shape index (κ3) is 29.3. The number of hydrogen-bond donors (Lipinski definition) is 4. The van der Waals surface area contributed by atoms with Crippen molar-refractivity contribution >= 4 is 5.97 Å². The molecule has 6 atom stereocenters. The van der Waals surface area contributed by atoms with Crippen LogP contribution in [0, 0.1) is 0 Å². The van der Waals surface area contributed by atoms with Gasteiger partial charge >= 0.3 is 5.97 Å². The van der Waals surface area contributed by atoms with Crippen LogP contribution in [0.1, 0.15) is 187 Å². The number of ether oxygens (including phenoxy) is 4. The van der Waals surface area contributed by atoms with Crippen LogP contribution in [-0.4, -0.2) is 89.6 Å². The van der Waals surface area contributed by atoms with Gasteiger partial charge in [0.1, 0.15) is 30.5 Å². The van der Waals surface area contributed by atoms with Crippen molar-refractivity contribution in [2.75, 3.05) is 26.4 Å². The second kappa shape index (κ2) is 38.0. The fourth-order valence-electron chi connectivity index (χ4n) is 6.70. The summed E-state index contributed by atoms with van der Waals surface area (Å²) in [6, 6.07) is 0. The Morgan fingerprint density at radius 1 is 0.582 bits per heavy atom. The topological polar surface area (TPSA) is 135 Å². The molecule has 0 radical (unpaired) electrons. The van der Waals surface area contributed by atoms with Crippen molar-refractivity contribution in [3.63, 3.8) is 0 Å². The van der Waals surface area contributed by atoms with E-state index in [-0.39, 0.29) is 19.2 Å². The lowest BCUT2D eigenvalue weighted by Gasteiger charge is -2.39. The van der Waals surface area contributed by atoms with E-state index in [1.807, 2.05) is 0 Å². The van der Waals surface area contributed by atoms with Gasteiger partial charge in [-0.25, -0.2) is 0 Å². The average Bonchev–Trinajstić information content (AvgIpc) is 3.18. The predicted octanol–water partition coefficient (Wildman–Crippen LogP) is 9.97. The van der Waals surface area contributed by atoms with Gasteiger partial charge in [-0.15, -0.1) is 0 Å². The highest BCUT2D eigenvalue weighted by molar-refractivity contribution is 5.69. The smallest absolute Gasteiger partial charge is 0.306 e. The van der Waals surface area contributed by atoms with E-state index >= 15 is 0 Å². The molecule has 1 rings (SSSR count). The van der Waals surface area contributed by atoms with Crippen LogP contribution in [-0.2, 0) is 23.7 Å². The van der Waals surface area contributed by atoms with E-state index in [2.05, 4.69) is 50.3 Å². The van der Waals surface area contributed by atoms with Crippen LogP contribution >= 0.6 is 0 Å². The van der Waals surface area contributed by atoms with Crippen molar-refractivity contribution < 1.29 is 44.2 Å². The Labute approximate surface area is 336 Å². The van der Waals surface area contributed by atoms with Crippen molar-refractivity contribution in [3.8, 4) is 0 Å². The second-order valence-electron chi connectivity index (χ2n) is 15.5. The van der Waals surface area contributed by atoms with E-state index < -0.39 is 43.4 Å². The largest absolute Gasteiger partial charge is 0.457 e. The molecule has 0 spiro atoms. The van der Waals surface area contributed by atoms with Gasteiger partial charge in [0.25, 0.3) is 0 Å². The lowest BCUT2D eigenvalue weighted by atomic mass is 9.99. The molecule has 1 heterocycles. The molecular formula is C46H84O9. The van der Waals surface area contributed by atoms with Gasteiger partial charge in [-0.05, 0) is 64.2 Å². The first-order chi connectivity index (χ1) is 26.9. The van der Waals surface area contributed by atoms with E-state index in [9.17, 15) is 25.2 Å². The van der Waals surface area contributed by atoms with Crippen molar-refractivity contribution in [1.29, 1.82) is 0 Å². The van der Waals surface area contributed by atoms with Gasteiger partial charge in [0.05, 0.1) is 19.8 Å². The molecule has 0 aromatic heterocycles. The SMILES string of the molecule is CCC/C=C\CCCCCCCCOCC(COC1OC(CO)C(O)C(O)C1O)OC(=O)CCCCCCCCCCC/C=C\C/C=C\CCCCCCC. The van der Waals surface area contributed by atoms with E-state index in [4.69, 9.17) is 18.9 Å². The standard InChI is InChI=1S/C46H84O9/c1-3-5-7-9-11-13-15-16-17-18-19-20-21-22-23-24-25-27-29-31-33-35-42(48)54-40(39-53-46-45(51)44(50)43(49)41(37-47)55-46)38-52-36-34-32-30-28-26-14-12-10-8-6-4-2/h8,10,15-16,18-19,40-41,43-47,49-51H,3-7,9,11-14,17,20-39H2,1-2H3/b10-8-,16-15-,19-18-. The molecule has 0 aromatic carbocycles. The molecule has 1 fully saturated rings. The number of hydrogen-bond acceptors (Lipinski definition) is 9. The maximum atomic E-state index is 12.8. The van der Waals surface area contributed by atoms with E-state index in [0.29, 0.717) is 13.0 Å². The van der Waals surface area contributed by atoms with Gasteiger partial charge in [0.2, 0.25) is 0 Å². The average molecular weight is 781 g/mol. The molecule has 1 aliphatic rings. The molecule has 1 saturated heterocycles. The van der Waals surface area contributed by atoms with Crippen LogP contribution in [0.3, 0.4) is 0 Å². The van der Waals surface area contributed by atoms with Gasteiger partial charge in [-0.1, -0.05) is 153 Å². The Hall–Kier alpha value is -1.59. The molecule has 1 aliphatic heterocycles. The van der Waals surface area contributed by atoms with Gasteiger partial charge in [0.15, 0.2) is 6.29 Å². The zero-order valence-corrected chi connectivity index (χ0v) is 35.2. The van der Waals surface area contributed by atoms with Crippen LogP contribution in [0.25, 0.3) is 0 Å². The first-order valence-corrected chi connectivity index (χ1v) is 22.6. The summed E-state index contributed by atoms with van der Waals surface area (Å²) in [6.07, 6.45) is 37.4. The predicted molar refractivity (Wildman–Crippen MR) is 224 cm³/mol. The molecule has 6 unspecified atom stereocenters. The number of unbranched alkanes of at least 4 members (excludes halogenated alkanes) is 21. The second-order valence-corrected chi connectivity index (χ2v) is 15.5. The lowest BCUT2D eigenvalue weighted by Crippen LogP contribution is -2.59. The zero-order chi connectivity index (χ0) is 40.0. The van der Waals surface area contributed by atoms with Crippen LogP contribution in [0.4, 0.5) is 0 Å².